The summed E-state index contributed by atoms with van der Waals surface area (Å²) >= 11 is 2.03. The largest absolute Gasteiger partial charge is 0.451 e. The fraction of sp³-hybridized carbons (Fsp3) is 0.235. The monoisotopic (exact) mass is 442 g/mol. The van der Waals surface area contributed by atoms with Gasteiger partial charge < -0.3 is 10.4 Å². The first-order valence-electron chi connectivity index (χ1n) is 8.10. The summed E-state index contributed by atoms with van der Waals surface area (Å²) in [5, 5.41) is 11.5. The smallest absolute Gasteiger partial charge is 0.387 e. The maximum absolute atomic E-state index is 13.0. The van der Waals surface area contributed by atoms with Gasteiger partial charge in [-0.1, -0.05) is 11.8 Å². The lowest BCUT2D eigenvalue weighted by Gasteiger charge is -2.09. The molecule has 0 aliphatic rings. The highest BCUT2D eigenvalue weighted by Gasteiger charge is 2.35. The van der Waals surface area contributed by atoms with Crippen LogP contribution in [0.5, 0.6) is 0 Å². The van der Waals surface area contributed by atoms with Gasteiger partial charge >= 0.3 is 6.18 Å². The van der Waals surface area contributed by atoms with Crippen molar-refractivity contribution in [2.24, 2.45) is 0 Å². The van der Waals surface area contributed by atoms with Crippen molar-refractivity contribution >= 4 is 45.8 Å². The van der Waals surface area contributed by atoms with Crippen LogP contribution in [0.2, 0.25) is 0 Å². The molecule has 0 atom stereocenters. The van der Waals surface area contributed by atoms with Gasteiger partial charge in [0.05, 0.1) is 22.6 Å². The van der Waals surface area contributed by atoms with Crippen LogP contribution in [0.25, 0.3) is 11.0 Å². The van der Waals surface area contributed by atoms with Crippen molar-refractivity contribution in [2.45, 2.75) is 17.7 Å². The van der Waals surface area contributed by atoms with Crippen LogP contribution in [-0.4, -0.2) is 44.1 Å². The number of halogens is 3. The molecule has 0 aliphatic heterocycles. The van der Waals surface area contributed by atoms with Crippen LogP contribution in [0.3, 0.4) is 0 Å². The average Bonchev–Trinajstić information content (AvgIpc) is 3.18. The summed E-state index contributed by atoms with van der Waals surface area (Å²) < 4.78 is 39.1. The summed E-state index contributed by atoms with van der Waals surface area (Å²) in [4.78, 5) is 35.5. The van der Waals surface area contributed by atoms with E-state index < -0.39 is 24.5 Å². The predicted molar refractivity (Wildman–Crippen MR) is 101 cm³/mol. The van der Waals surface area contributed by atoms with Crippen molar-refractivity contribution < 1.29 is 27.9 Å². The Morgan fingerprint density at radius 2 is 2.00 bits per heavy atom. The normalized spacial score (nSPS) is 11.6. The Morgan fingerprint density at radius 1 is 1.21 bits per heavy atom. The van der Waals surface area contributed by atoms with E-state index in [2.05, 4.69) is 20.3 Å². The van der Waals surface area contributed by atoms with Crippen LogP contribution in [0.15, 0.2) is 35.5 Å². The Morgan fingerprint density at radius 3 is 2.72 bits per heavy atom. The molecule has 3 rings (SSSR count). The van der Waals surface area contributed by atoms with E-state index in [1.54, 1.807) is 24.3 Å². The van der Waals surface area contributed by atoms with Crippen molar-refractivity contribution in [1.29, 1.82) is 0 Å². The molecule has 0 spiro atoms. The second-order valence-electron chi connectivity index (χ2n) is 5.64. The van der Waals surface area contributed by atoms with Crippen molar-refractivity contribution in [1.82, 2.24) is 20.3 Å². The lowest BCUT2D eigenvalue weighted by Crippen LogP contribution is -2.25. The number of aromatic nitrogens is 3. The van der Waals surface area contributed by atoms with Gasteiger partial charge in [-0.2, -0.15) is 13.2 Å². The SMILES string of the molecule is O=C(CO)NCc1ccc(C(=O)CSc2nc(C(F)(F)F)nc3ncccc23)s1. The number of ketones is 1. The highest BCUT2D eigenvalue weighted by molar-refractivity contribution is 8.00. The van der Waals surface area contributed by atoms with E-state index >= 15 is 0 Å². The van der Waals surface area contributed by atoms with Gasteiger partial charge in [-0.3, -0.25) is 9.59 Å². The van der Waals surface area contributed by atoms with Gasteiger partial charge in [0.15, 0.2) is 11.4 Å². The molecular formula is C17H13F3N4O3S2. The van der Waals surface area contributed by atoms with E-state index in [0.29, 0.717) is 15.1 Å². The number of rotatable bonds is 7. The number of aliphatic hydroxyl groups excluding tert-OH is 1. The maximum atomic E-state index is 13.0. The van der Waals surface area contributed by atoms with Crippen LogP contribution >= 0.6 is 23.1 Å². The van der Waals surface area contributed by atoms with Crippen LogP contribution in [0.1, 0.15) is 20.4 Å². The minimum absolute atomic E-state index is 0.0239. The predicted octanol–water partition coefficient (Wildman–Crippen LogP) is 2.69. The topological polar surface area (TPSA) is 105 Å². The van der Waals surface area contributed by atoms with E-state index in [-0.39, 0.29) is 28.8 Å². The summed E-state index contributed by atoms with van der Waals surface area (Å²) in [6.07, 6.45) is -3.40. The third-order valence-electron chi connectivity index (χ3n) is 3.57. The van der Waals surface area contributed by atoms with Gasteiger partial charge in [-0.25, -0.2) is 15.0 Å². The number of thiophene rings is 1. The second-order valence-corrected chi connectivity index (χ2v) is 7.77. The van der Waals surface area contributed by atoms with Crippen LogP contribution in [0.4, 0.5) is 13.2 Å². The number of aliphatic hydroxyl groups is 1. The number of alkyl halides is 3. The van der Waals surface area contributed by atoms with Gasteiger partial charge in [0.2, 0.25) is 11.7 Å². The maximum Gasteiger partial charge on any atom is 0.451 e. The Bertz CT molecular complexity index is 1060. The van der Waals surface area contributed by atoms with Crippen molar-refractivity contribution in [3.63, 3.8) is 0 Å². The van der Waals surface area contributed by atoms with Gasteiger partial charge in [0, 0.05) is 11.1 Å². The first-order chi connectivity index (χ1) is 13.8. The summed E-state index contributed by atoms with van der Waals surface area (Å²) in [5.74, 6) is -2.26. The third-order valence-corrected chi connectivity index (χ3v) is 5.69. The molecule has 3 aromatic rings. The number of Topliss-reactive ketones (excluding diaryl/α,β-unsaturated/α-hetero) is 1. The molecule has 0 aliphatic carbocycles. The van der Waals surface area contributed by atoms with Crippen molar-refractivity contribution in [3.05, 3.63) is 46.0 Å². The molecule has 0 saturated carbocycles. The molecule has 0 unspecified atom stereocenters. The van der Waals surface area contributed by atoms with Crippen molar-refractivity contribution in [3.8, 4) is 0 Å². The number of hydrogen-bond acceptors (Lipinski definition) is 8. The zero-order valence-electron chi connectivity index (χ0n) is 14.6. The van der Waals surface area contributed by atoms with Gasteiger partial charge in [0.25, 0.3) is 0 Å². The molecule has 0 saturated heterocycles. The van der Waals surface area contributed by atoms with Crippen LogP contribution in [0, 0.1) is 0 Å². The fourth-order valence-corrected chi connectivity index (χ4v) is 4.11. The minimum Gasteiger partial charge on any atom is -0.387 e. The highest BCUT2D eigenvalue weighted by atomic mass is 32.2. The first-order valence-corrected chi connectivity index (χ1v) is 9.90. The van der Waals surface area contributed by atoms with E-state index in [9.17, 15) is 22.8 Å². The Labute approximate surface area is 170 Å². The zero-order chi connectivity index (χ0) is 21.0. The quantitative estimate of drug-likeness (QED) is 0.329. The standard InChI is InChI=1S/C17H13F3N4O3S2/c18-17(19,20)16-23-14-10(2-1-5-21-14)15(24-16)28-8-11(26)12-4-3-9(29-12)6-22-13(27)7-25/h1-5,25H,6-8H2,(H,22,27). The van der Waals surface area contributed by atoms with E-state index in [4.69, 9.17) is 5.11 Å². The number of pyridine rings is 1. The third kappa shape index (κ3) is 5.28. The lowest BCUT2D eigenvalue weighted by atomic mass is 10.3. The van der Waals surface area contributed by atoms with Crippen LogP contribution < -0.4 is 5.32 Å². The van der Waals surface area contributed by atoms with Gasteiger partial charge in [-0.15, -0.1) is 11.3 Å². The number of carbonyl (C=O) groups is 2. The molecule has 1 amide bonds. The zero-order valence-corrected chi connectivity index (χ0v) is 16.2. The molecule has 152 valence electrons. The number of hydrogen-bond donors (Lipinski definition) is 2. The second kappa shape index (κ2) is 8.84. The molecule has 0 aromatic carbocycles. The fourth-order valence-electron chi connectivity index (χ4n) is 2.24. The van der Waals surface area contributed by atoms with Gasteiger partial charge in [0.1, 0.15) is 11.6 Å². The molecule has 7 nitrogen and oxygen atoms in total. The van der Waals surface area contributed by atoms with E-state index in [0.717, 1.165) is 23.1 Å². The van der Waals surface area contributed by atoms with E-state index in [1.165, 1.54) is 6.20 Å². The van der Waals surface area contributed by atoms with E-state index in [1.807, 2.05) is 0 Å². The number of amides is 1. The Balaban J connectivity index is 1.74. The Kier molecular flexibility index (Phi) is 6.45. The summed E-state index contributed by atoms with van der Waals surface area (Å²) in [6, 6.07) is 6.33. The molecule has 3 aromatic heterocycles. The summed E-state index contributed by atoms with van der Waals surface area (Å²) in [5.41, 5.74) is -0.0946. The molecule has 12 heteroatoms. The number of nitrogens with one attached hydrogen (secondary N) is 1. The number of thioether (sulfide) groups is 1. The number of fused-ring (bicyclic) bond motifs is 1. The van der Waals surface area contributed by atoms with Crippen LogP contribution in [-0.2, 0) is 17.5 Å². The molecule has 2 N–H and O–H groups in total. The lowest BCUT2D eigenvalue weighted by molar-refractivity contribution is -0.145. The molecular weight excluding hydrogens is 429 g/mol. The summed E-state index contributed by atoms with van der Waals surface area (Å²) in [6.45, 7) is -0.461. The first kappa shape index (κ1) is 21.1. The molecule has 0 bridgehead atoms. The molecule has 29 heavy (non-hydrogen) atoms. The average molecular weight is 442 g/mol. The van der Waals surface area contributed by atoms with Gasteiger partial charge in [-0.05, 0) is 24.3 Å². The summed E-state index contributed by atoms with van der Waals surface area (Å²) in [7, 11) is 0. The minimum atomic E-state index is -4.73. The molecule has 0 fully saturated rings. The molecule has 0 radical (unpaired) electrons. The number of carbonyl (C=O) groups excluding carboxylic acids is 2. The Hall–Kier alpha value is -2.57. The highest BCUT2D eigenvalue weighted by Crippen LogP contribution is 2.32. The van der Waals surface area contributed by atoms with Crippen molar-refractivity contribution in [2.75, 3.05) is 12.4 Å². The number of nitrogens with zero attached hydrogens (tertiary/aromatic N) is 3. The molecule has 3 heterocycles.